The first-order valence-corrected chi connectivity index (χ1v) is 15.3. The number of nitrogens with zero attached hydrogens (tertiary/aromatic N) is 3. The van der Waals surface area contributed by atoms with Gasteiger partial charge in [0.25, 0.3) is 0 Å². The van der Waals surface area contributed by atoms with Crippen LogP contribution in [-0.4, -0.2) is 23.9 Å². The Labute approximate surface area is 241 Å². The van der Waals surface area contributed by atoms with E-state index in [1.165, 1.54) is 12.1 Å². The lowest BCUT2D eigenvalue weighted by Gasteiger charge is -2.30. The first kappa shape index (κ1) is 28.7. The van der Waals surface area contributed by atoms with Crippen molar-refractivity contribution in [3.63, 3.8) is 0 Å². The van der Waals surface area contributed by atoms with Crippen LogP contribution in [0, 0.1) is 12.7 Å². The molecule has 4 aromatic rings. The average molecular weight is 575 g/mol. The van der Waals surface area contributed by atoms with Crippen molar-refractivity contribution in [1.82, 2.24) is 14.3 Å². The number of nitrogens with one attached hydrogen (secondary N) is 1. The van der Waals surface area contributed by atoms with Crippen LogP contribution in [0.4, 0.5) is 10.1 Å². The number of carbonyl (C=O) groups excluding carboxylic acids is 1. The Hall–Kier alpha value is -3.82. The standard InChI is InChI=1S/C32H35FN4O3S/c1-22-7-4-11-28(17-22)41(39,40)35-30-12-6-8-24-13-14-27(20-29(24)30)37(21-31-34-15-16-36(31)3)32(38)18-23(2)25-9-5-10-26(33)19-25/h4-5,7,9-11,13-17,19-20,23,30,35H,6,8,12,18,21H2,1-3H3/t23-,30-/m1/s1. The molecule has 0 radical (unpaired) electrons. The van der Waals surface area contributed by atoms with Gasteiger partial charge >= 0.3 is 0 Å². The lowest BCUT2D eigenvalue weighted by Crippen LogP contribution is -2.34. The Kier molecular flexibility index (Phi) is 8.37. The van der Waals surface area contributed by atoms with Crippen LogP contribution in [-0.2, 0) is 34.8 Å². The number of rotatable bonds is 9. The molecule has 0 saturated carbocycles. The second kappa shape index (κ2) is 12.0. The number of amides is 1. The molecule has 3 aromatic carbocycles. The van der Waals surface area contributed by atoms with Crippen molar-refractivity contribution in [2.24, 2.45) is 7.05 Å². The van der Waals surface area contributed by atoms with E-state index in [9.17, 15) is 17.6 Å². The van der Waals surface area contributed by atoms with Gasteiger partial charge in [-0.2, -0.15) is 0 Å². The summed E-state index contributed by atoms with van der Waals surface area (Å²) in [5.41, 5.74) is 4.24. The molecule has 0 saturated heterocycles. The molecule has 1 aliphatic rings. The molecule has 1 heterocycles. The number of aryl methyl sites for hydroxylation is 3. The number of aromatic nitrogens is 2. The van der Waals surface area contributed by atoms with Crippen molar-refractivity contribution in [2.45, 2.75) is 62.9 Å². The molecule has 0 unspecified atom stereocenters. The lowest BCUT2D eigenvalue weighted by molar-refractivity contribution is -0.119. The lowest BCUT2D eigenvalue weighted by atomic mass is 9.87. The maximum atomic E-state index is 13.9. The second-order valence-electron chi connectivity index (χ2n) is 10.9. The van der Waals surface area contributed by atoms with E-state index in [-0.39, 0.29) is 35.5 Å². The van der Waals surface area contributed by atoms with Crippen LogP contribution >= 0.6 is 0 Å². The Morgan fingerprint density at radius 1 is 1.15 bits per heavy atom. The average Bonchev–Trinajstić information content (AvgIpc) is 3.35. The second-order valence-corrected chi connectivity index (χ2v) is 12.6. The highest BCUT2D eigenvalue weighted by Crippen LogP contribution is 2.35. The number of anilines is 1. The monoisotopic (exact) mass is 574 g/mol. The van der Waals surface area contributed by atoms with E-state index in [4.69, 9.17) is 0 Å². The first-order chi connectivity index (χ1) is 19.6. The molecule has 1 amide bonds. The Morgan fingerprint density at radius 3 is 2.68 bits per heavy atom. The summed E-state index contributed by atoms with van der Waals surface area (Å²) in [5.74, 6) is 0.0534. The molecule has 7 nitrogen and oxygen atoms in total. The van der Waals surface area contributed by atoms with Gasteiger partial charge in [-0.05, 0) is 90.8 Å². The fraction of sp³-hybridized carbons (Fsp3) is 0.312. The summed E-state index contributed by atoms with van der Waals surface area (Å²) in [7, 11) is -1.87. The van der Waals surface area contributed by atoms with Crippen molar-refractivity contribution >= 4 is 21.6 Å². The number of imidazole rings is 1. The number of benzene rings is 3. The quantitative estimate of drug-likeness (QED) is 0.268. The molecule has 9 heteroatoms. The Morgan fingerprint density at radius 2 is 1.95 bits per heavy atom. The van der Waals surface area contributed by atoms with Gasteiger partial charge in [0.15, 0.2) is 0 Å². The minimum absolute atomic E-state index is 0.127. The third kappa shape index (κ3) is 6.57. The highest BCUT2D eigenvalue weighted by Gasteiger charge is 2.28. The molecule has 5 rings (SSSR count). The van der Waals surface area contributed by atoms with Gasteiger partial charge in [0.2, 0.25) is 15.9 Å². The number of hydrogen-bond acceptors (Lipinski definition) is 4. The third-order valence-electron chi connectivity index (χ3n) is 7.77. The molecule has 0 spiro atoms. The van der Waals surface area contributed by atoms with E-state index in [2.05, 4.69) is 9.71 Å². The van der Waals surface area contributed by atoms with E-state index < -0.39 is 16.1 Å². The molecule has 0 bridgehead atoms. The van der Waals surface area contributed by atoms with E-state index in [0.29, 0.717) is 17.9 Å². The Balaban J connectivity index is 1.46. The van der Waals surface area contributed by atoms with Crippen LogP contribution in [0.2, 0.25) is 0 Å². The summed E-state index contributed by atoms with van der Waals surface area (Å²) < 4.78 is 45.3. The van der Waals surface area contributed by atoms with Gasteiger partial charge in [0.1, 0.15) is 11.6 Å². The summed E-state index contributed by atoms with van der Waals surface area (Å²) in [5, 5.41) is 0. The Bertz CT molecular complexity index is 1670. The van der Waals surface area contributed by atoms with E-state index >= 15 is 0 Å². The summed E-state index contributed by atoms with van der Waals surface area (Å²) in [6, 6.07) is 18.6. The molecule has 2 atom stereocenters. The van der Waals surface area contributed by atoms with Crippen molar-refractivity contribution < 1.29 is 17.6 Å². The molecular weight excluding hydrogens is 539 g/mol. The maximum absolute atomic E-state index is 13.9. The van der Waals surface area contributed by atoms with Crippen LogP contribution in [0.5, 0.6) is 0 Å². The van der Waals surface area contributed by atoms with E-state index in [0.717, 1.165) is 35.1 Å². The minimum atomic E-state index is -3.75. The van der Waals surface area contributed by atoms with Crippen LogP contribution < -0.4 is 9.62 Å². The van der Waals surface area contributed by atoms with E-state index in [1.54, 1.807) is 35.4 Å². The topological polar surface area (TPSA) is 84.3 Å². The zero-order chi connectivity index (χ0) is 29.1. The number of sulfonamides is 1. The molecule has 0 fully saturated rings. The smallest absolute Gasteiger partial charge is 0.241 e. The van der Waals surface area contributed by atoms with Gasteiger partial charge in [0, 0.05) is 37.6 Å². The van der Waals surface area contributed by atoms with Crippen molar-refractivity contribution in [2.75, 3.05) is 4.90 Å². The summed E-state index contributed by atoms with van der Waals surface area (Å²) in [4.78, 5) is 20.2. The predicted molar refractivity (Wildman–Crippen MR) is 157 cm³/mol. The third-order valence-corrected chi connectivity index (χ3v) is 9.24. The molecule has 1 aromatic heterocycles. The molecular formula is C32H35FN4O3S. The summed E-state index contributed by atoms with van der Waals surface area (Å²) >= 11 is 0. The van der Waals surface area contributed by atoms with Crippen LogP contribution in [0.3, 0.4) is 0 Å². The fourth-order valence-electron chi connectivity index (χ4n) is 5.43. The molecule has 1 aliphatic carbocycles. The maximum Gasteiger partial charge on any atom is 0.241 e. The van der Waals surface area contributed by atoms with Crippen LogP contribution in [0.1, 0.15) is 66.2 Å². The van der Waals surface area contributed by atoms with Gasteiger partial charge in [-0.15, -0.1) is 0 Å². The molecule has 214 valence electrons. The van der Waals surface area contributed by atoms with Gasteiger partial charge in [0.05, 0.1) is 11.4 Å². The van der Waals surface area contributed by atoms with Crippen molar-refractivity contribution in [1.29, 1.82) is 0 Å². The van der Waals surface area contributed by atoms with Gasteiger partial charge < -0.3 is 9.47 Å². The first-order valence-electron chi connectivity index (χ1n) is 13.8. The minimum Gasteiger partial charge on any atom is -0.337 e. The number of halogens is 1. The normalized spacial score (nSPS) is 15.8. The van der Waals surface area contributed by atoms with Crippen LogP contribution in [0.15, 0.2) is 84.0 Å². The summed E-state index contributed by atoms with van der Waals surface area (Å²) in [6.07, 6.45) is 6.04. The number of hydrogen-bond donors (Lipinski definition) is 1. The number of carbonyl (C=O) groups is 1. The highest BCUT2D eigenvalue weighted by molar-refractivity contribution is 7.89. The van der Waals surface area contributed by atoms with Crippen LogP contribution in [0.25, 0.3) is 0 Å². The van der Waals surface area contributed by atoms with Crippen molar-refractivity contribution in [3.8, 4) is 0 Å². The SMILES string of the molecule is Cc1cccc(S(=O)(=O)N[C@@H]2CCCc3ccc(N(Cc4nccn4C)C(=O)C[C@@H](C)c4cccc(F)c4)cc32)c1. The van der Waals surface area contributed by atoms with Crippen molar-refractivity contribution in [3.05, 3.63) is 113 Å². The molecule has 0 aliphatic heterocycles. The van der Waals surface area contributed by atoms with Gasteiger partial charge in [-0.3, -0.25) is 4.79 Å². The van der Waals surface area contributed by atoms with Gasteiger partial charge in [-0.1, -0.05) is 37.3 Å². The summed E-state index contributed by atoms with van der Waals surface area (Å²) in [6.45, 7) is 4.02. The fourth-order valence-corrected chi connectivity index (χ4v) is 6.79. The molecule has 41 heavy (non-hydrogen) atoms. The molecule has 1 N–H and O–H groups in total. The zero-order valence-corrected chi connectivity index (χ0v) is 24.4. The van der Waals surface area contributed by atoms with Gasteiger partial charge in [-0.25, -0.2) is 22.5 Å². The largest absolute Gasteiger partial charge is 0.337 e. The van der Waals surface area contributed by atoms with E-state index in [1.807, 2.05) is 62.0 Å². The predicted octanol–water partition coefficient (Wildman–Crippen LogP) is 5.95. The highest BCUT2D eigenvalue weighted by atomic mass is 32.2. The number of fused-ring (bicyclic) bond motifs is 1. The zero-order valence-electron chi connectivity index (χ0n) is 23.5.